The smallest absolute Gasteiger partial charge is 0.356 e. The third-order valence-electron chi connectivity index (χ3n) is 4.47. The van der Waals surface area contributed by atoms with E-state index >= 15 is 0 Å². The van der Waals surface area contributed by atoms with Gasteiger partial charge in [0.2, 0.25) is 0 Å². The number of nitrogens with one attached hydrogen (secondary N) is 2. The van der Waals surface area contributed by atoms with Crippen LogP contribution in [0, 0.1) is 5.82 Å². The number of halogens is 4. The van der Waals surface area contributed by atoms with Gasteiger partial charge in [-0.05, 0) is 43.4 Å². The molecule has 0 spiro atoms. The average Bonchev–Trinajstić information content (AvgIpc) is 2.63. The number of aliphatic imine (C=N–C) groups is 1. The van der Waals surface area contributed by atoms with E-state index in [0.717, 1.165) is 12.0 Å². The molecule has 158 valence electrons. The van der Waals surface area contributed by atoms with Gasteiger partial charge in [-0.25, -0.2) is 12.8 Å². The molecule has 11 heteroatoms. The molecule has 6 nitrogen and oxygen atoms in total. The Morgan fingerprint density at radius 1 is 1.29 bits per heavy atom. The molecule has 2 rings (SSSR count). The molecule has 0 aliphatic carbocycles. The summed E-state index contributed by atoms with van der Waals surface area (Å²) in [4.78, 5) is 4.07. The molecule has 1 fully saturated rings. The quantitative estimate of drug-likeness (QED) is 0.318. The first-order valence-corrected chi connectivity index (χ1v) is 10.4. The van der Waals surface area contributed by atoms with Gasteiger partial charge >= 0.3 is 15.5 Å². The van der Waals surface area contributed by atoms with E-state index in [0.29, 0.717) is 23.2 Å². The maximum Gasteiger partial charge on any atom is 0.511 e. The third-order valence-corrected chi connectivity index (χ3v) is 6.10. The van der Waals surface area contributed by atoms with Gasteiger partial charge in [0, 0.05) is 32.7 Å². The molecule has 1 aromatic carbocycles. The Hall–Kier alpha value is -1.88. The summed E-state index contributed by atoms with van der Waals surface area (Å²) in [6.07, 6.45) is 1.93. The van der Waals surface area contributed by atoms with Gasteiger partial charge in [-0.2, -0.15) is 17.5 Å². The van der Waals surface area contributed by atoms with Crippen LogP contribution in [0.3, 0.4) is 0 Å². The maximum atomic E-state index is 13.1. The highest BCUT2D eigenvalue weighted by molar-refractivity contribution is 7.90. The van der Waals surface area contributed by atoms with Gasteiger partial charge in [0.25, 0.3) is 0 Å². The Kier molecular flexibility index (Phi) is 7.64. The van der Waals surface area contributed by atoms with Crippen molar-refractivity contribution in [2.45, 2.75) is 37.2 Å². The van der Waals surface area contributed by atoms with Crippen LogP contribution < -0.4 is 10.6 Å². The number of alkyl halides is 3. The second-order valence-electron chi connectivity index (χ2n) is 6.50. The lowest BCUT2D eigenvalue weighted by atomic mass is 10.1. The first kappa shape index (κ1) is 22.4. The summed E-state index contributed by atoms with van der Waals surface area (Å²) in [6, 6.07) is 6.20. The highest BCUT2D eigenvalue weighted by Gasteiger charge is 2.50. The van der Waals surface area contributed by atoms with Crippen LogP contribution in [-0.4, -0.2) is 56.9 Å². The van der Waals surface area contributed by atoms with Crippen molar-refractivity contribution < 1.29 is 26.0 Å². The second kappa shape index (κ2) is 9.55. The van der Waals surface area contributed by atoms with Crippen LogP contribution in [0.1, 0.15) is 24.8 Å². The highest BCUT2D eigenvalue weighted by atomic mass is 32.2. The number of rotatable bonds is 6. The third kappa shape index (κ3) is 6.06. The fourth-order valence-corrected chi connectivity index (χ4v) is 3.95. The molecule has 1 aliphatic heterocycles. The molecule has 0 aromatic heterocycles. The van der Waals surface area contributed by atoms with Crippen molar-refractivity contribution in [2.24, 2.45) is 4.99 Å². The van der Waals surface area contributed by atoms with E-state index in [9.17, 15) is 26.0 Å². The molecule has 28 heavy (non-hydrogen) atoms. The molecule has 0 unspecified atom stereocenters. The van der Waals surface area contributed by atoms with Crippen LogP contribution in [-0.2, 0) is 16.4 Å². The normalized spacial score (nSPS) is 17.5. The fraction of sp³-hybridized carbons (Fsp3) is 0.588. The lowest BCUT2D eigenvalue weighted by Gasteiger charge is -2.32. The van der Waals surface area contributed by atoms with E-state index in [4.69, 9.17) is 0 Å². The van der Waals surface area contributed by atoms with Crippen LogP contribution in [0.5, 0.6) is 0 Å². The number of guanidine groups is 1. The number of sulfonamides is 1. The van der Waals surface area contributed by atoms with Crippen molar-refractivity contribution in [1.29, 1.82) is 0 Å². The van der Waals surface area contributed by atoms with Gasteiger partial charge < -0.3 is 10.6 Å². The van der Waals surface area contributed by atoms with E-state index < -0.39 is 15.5 Å². The van der Waals surface area contributed by atoms with Gasteiger partial charge in [-0.15, -0.1) is 0 Å². The molecule has 0 radical (unpaired) electrons. The van der Waals surface area contributed by atoms with E-state index in [1.54, 1.807) is 13.1 Å². The van der Waals surface area contributed by atoms with Crippen molar-refractivity contribution in [3.63, 3.8) is 0 Å². The van der Waals surface area contributed by atoms with Crippen LogP contribution in [0.15, 0.2) is 29.3 Å². The molecule has 2 N–H and O–H groups in total. The minimum absolute atomic E-state index is 0.172. The van der Waals surface area contributed by atoms with E-state index in [-0.39, 0.29) is 37.8 Å². The first-order chi connectivity index (χ1) is 13.1. The van der Waals surface area contributed by atoms with Crippen LogP contribution in [0.2, 0.25) is 0 Å². The van der Waals surface area contributed by atoms with Crippen molar-refractivity contribution in [2.75, 3.05) is 26.7 Å². The Morgan fingerprint density at radius 3 is 2.54 bits per heavy atom. The zero-order chi connectivity index (χ0) is 20.8. The molecule has 1 heterocycles. The average molecular weight is 424 g/mol. The van der Waals surface area contributed by atoms with Crippen molar-refractivity contribution in [3.05, 3.63) is 35.6 Å². The number of hydrogen-bond acceptors (Lipinski definition) is 3. The summed E-state index contributed by atoms with van der Waals surface area (Å²) in [5.41, 5.74) is -4.38. The maximum absolute atomic E-state index is 13.1. The lowest BCUT2D eigenvalue weighted by Crippen LogP contribution is -2.51. The fourth-order valence-electron chi connectivity index (χ4n) is 2.97. The van der Waals surface area contributed by atoms with Crippen molar-refractivity contribution >= 4 is 16.0 Å². The number of aryl methyl sites for hydroxylation is 1. The summed E-state index contributed by atoms with van der Waals surface area (Å²) in [7, 11) is -3.70. The first-order valence-electron chi connectivity index (χ1n) is 8.91. The van der Waals surface area contributed by atoms with Crippen LogP contribution >= 0.6 is 0 Å². The van der Waals surface area contributed by atoms with E-state index in [1.807, 2.05) is 6.07 Å². The SMILES string of the molecule is CN=C(NCCCc1cccc(F)c1)NC1CCN(S(=O)(=O)C(F)(F)F)CC1. The number of benzene rings is 1. The number of piperidine rings is 1. The largest absolute Gasteiger partial charge is 0.511 e. The van der Waals surface area contributed by atoms with Crippen molar-refractivity contribution in [3.8, 4) is 0 Å². The van der Waals surface area contributed by atoms with Gasteiger partial charge in [0.15, 0.2) is 5.96 Å². The van der Waals surface area contributed by atoms with Crippen molar-refractivity contribution in [1.82, 2.24) is 14.9 Å². The number of hydrogen-bond donors (Lipinski definition) is 2. The Morgan fingerprint density at radius 2 is 1.96 bits per heavy atom. The summed E-state index contributed by atoms with van der Waals surface area (Å²) in [5.74, 6) is 0.221. The zero-order valence-electron chi connectivity index (χ0n) is 15.5. The molecular formula is C17H24F4N4O2S. The molecule has 1 aromatic rings. The molecule has 0 bridgehead atoms. The van der Waals surface area contributed by atoms with E-state index in [2.05, 4.69) is 15.6 Å². The Bertz CT molecular complexity index is 776. The van der Waals surface area contributed by atoms with E-state index in [1.165, 1.54) is 12.1 Å². The standard InChI is InChI=1S/C17H24F4N4O2S/c1-22-16(23-9-3-5-13-4-2-6-14(18)12-13)24-15-7-10-25(11-8-15)28(26,27)17(19,20)21/h2,4,6,12,15H,3,5,7-11H2,1H3,(H2,22,23,24). The molecule has 0 saturated carbocycles. The molecular weight excluding hydrogens is 400 g/mol. The summed E-state index contributed by atoms with van der Waals surface area (Å²) in [6.45, 7) is 0.184. The summed E-state index contributed by atoms with van der Waals surface area (Å²) in [5, 5.41) is 6.20. The monoisotopic (exact) mass is 424 g/mol. The number of nitrogens with zero attached hydrogens (tertiary/aromatic N) is 2. The minimum atomic E-state index is -5.27. The van der Waals surface area contributed by atoms with Gasteiger partial charge in [-0.1, -0.05) is 12.1 Å². The minimum Gasteiger partial charge on any atom is -0.356 e. The highest BCUT2D eigenvalue weighted by Crippen LogP contribution is 2.28. The Balaban J connectivity index is 1.74. The van der Waals surface area contributed by atoms with Gasteiger partial charge in [0.1, 0.15) is 5.82 Å². The van der Waals surface area contributed by atoms with Crippen LogP contribution in [0.25, 0.3) is 0 Å². The molecule has 0 atom stereocenters. The predicted molar refractivity (Wildman–Crippen MR) is 98.8 cm³/mol. The molecule has 1 saturated heterocycles. The lowest BCUT2D eigenvalue weighted by molar-refractivity contribution is -0.0494. The summed E-state index contributed by atoms with van der Waals surface area (Å²) >= 11 is 0. The topological polar surface area (TPSA) is 73.8 Å². The Labute approximate surface area is 162 Å². The molecule has 0 amide bonds. The van der Waals surface area contributed by atoms with Gasteiger partial charge in [0.05, 0.1) is 0 Å². The second-order valence-corrected chi connectivity index (χ2v) is 8.43. The van der Waals surface area contributed by atoms with Gasteiger partial charge in [-0.3, -0.25) is 4.99 Å². The van der Waals surface area contributed by atoms with Crippen LogP contribution in [0.4, 0.5) is 17.6 Å². The summed E-state index contributed by atoms with van der Waals surface area (Å²) < 4.78 is 74.3. The molecule has 1 aliphatic rings. The zero-order valence-corrected chi connectivity index (χ0v) is 16.3. The predicted octanol–water partition coefficient (Wildman–Crippen LogP) is 2.24.